The van der Waals surface area contributed by atoms with E-state index in [0.29, 0.717) is 11.4 Å². The first-order valence-corrected chi connectivity index (χ1v) is 8.49. The lowest BCUT2D eigenvalue weighted by atomic mass is 10.3. The van der Waals surface area contributed by atoms with Gasteiger partial charge in [0, 0.05) is 13.7 Å². The Morgan fingerprint density at radius 2 is 1.83 bits per heavy atom. The lowest BCUT2D eigenvalue weighted by molar-refractivity contribution is -0.149. The van der Waals surface area contributed by atoms with Crippen LogP contribution in [0.25, 0.3) is 0 Å². The number of benzene rings is 2. The molecule has 0 aliphatic heterocycles. The molecule has 1 N–H and O–H groups in total. The molecule has 5 nitrogen and oxygen atoms in total. The second-order valence-electron chi connectivity index (χ2n) is 4.46. The summed E-state index contributed by atoms with van der Waals surface area (Å²) in [5.74, 6) is -0.468. The van der Waals surface area contributed by atoms with Crippen LogP contribution in [0.1, 0.15) is 0 Å². The molecule has 0 spiro atoms. The van der Waals surface area contributed by atoms with E-state index >= 15 is 0 Å². The molecule has 0 heterocycles. The quantitative estimate of drug-likeness (QED) is 0.497. The monoisotopic (exact) mass is 489 g/mol. The van der Waals surface area contributed by atoms with E-state index in [1.54, 1.807) is 30.3 Å². The van der Waals surface area contributed by atoms with Gasteiger partial charge in [-0.25, -0.2) is 4.79 Å². The zero-order valence-corrected chi connectivity index (χ0v) is 15.7. The summed E-state index contributed by atoms with van der Waals surface area (Å²) in [6.07, 6.45) is 0. The highest BCUT2D eigenvalue weighted by molar-refractivity contribution is 14.1. The van der Waals surface area contributed by atoms with Crippen LogP contribution >= 0.6 is 38.5 Å². The normalized spacial score (nSPS) is 10.0. The summed E-state index contributed by atoms with van der Waals surface area (Å²) >= 11 is 5.48. The van der Waals surface area contributed by atoms with E-state index in [1.165, 1.54) is 0 Å². The van der Waals surface area contributed by atoms with E-state index in [-0.39, 0.29) is 13.2 Å². The van der Waals surface area contributed by atoms with Crippen molar-refractivity contribution in [2.24, 2.45) is 0 Å². The van der Waals surface area contributed by atoms with Crippen molar-refractivity contribution in [2.75, 3.05) is 18.5 Å². The summed E-state index contributed by atoms with van der Waals surface area (Å²) in [6.45, 7) is -0.611. The van der Waals surface area contributed by atoms with E-state index in [1.807, 2.05) is 18.2 Å². The second-order valence-corrected chi connectivity index (χ2v) is 6.62. The first-order chi connectivity index (χ1) is 11.0. The largest absolute Gasteiger partial charge is 0.482 e. The number of amides is 1. The molecule has 2 aromatic rings. The minimum atomic E-state index is -0.609. The van der Waals surface area contributed by atoms with Crippen LogP contribution in [-0.4, -0.2) is 25.1 Å². The van der Waals surface area contributed by atoms with Gasteiger partial charge in [0.2, 0.25) is 0 Å². The molecule has 0 aromatic heterocycles. The van der Waals surface area contributed by atoms with Gasteiger partial charge in [0.15, 0.2) is 13.2 Å². The summed E-state index contributed by atoms with van der Waals surface area (Å²) in [6, 6.07) is 14.4. The molecule has 0 unspecified atom stereocenters. The van der Waals surface area contributed by atoms with Crippen LogP contribution in [0, 0.1) is 3.57 Å². The van der Waals surface area contributed by atoms with Gasteiger partial charge in [-0.1, -0.05) is 22.0 Å². The molecule has 7 heteroatoms. The van der Waals surface area contributed by atoms with E-state index < -0.39 is 11.9 Å². The number of esters is 1. The molecule has 0 atom stereocenters. The van der Waals surface area contributed by atoms with Gasteiger partial charge in [-0.15, -0.1) is 0 Å². The number of carbonyl (C=O) groups excluding carboxylic acids is 2. The first-order valence-electron chi connectivity index (χ1n) is 6.62. The van der Waals surface area contributed by atoms with Gasteiger partial charge in [-0.3, -0.25) is 4.79 Å². The summed E-state index contributed by atoms with van der Waals surface area (Å²) in [7, 11) is 0. The molecule has 0 aliphatic carbocycles. The highest BCUT2D eigenvalue weighted by Crippen LogP contribution is 2.17. The average Bonchev–Trinajstić information content (AvgIpc) is 2.53. The fourth-order valence-electron chi connectivity index (χ4n) is 1.62. The molecule has 0 saturated heterocycles. The highest BCUT2D eigenvalue weighted by atomic mass is 127. The molecule has 0 bridgehead atoms. The van der Waals surface area contributed by atoms with Crippen molar-refractivity contribution in [3.05, 3.63) is 56.6 Å². The van der Waals surface area contributed by atoms with Crippen LogP contribution in [0.5, 0.6) is 5.75 Å². The predicted octanol–water partition coefficient (Wildman–Crippen LogP) is 3.61. The van der Waals surface area contributed by atoms with Crippen LogP contribution in [0.15, 0.2) is 53.0 Å². The van der Waals surface area contributed by atoms with Crippen LogP contribution in [0.2, 0.25) is 0 Å². The third kappa shape index (κ3) is 6.57. The maximum atomic E-state index is 11.7. The molecule has 0 saturated carbocycles. The van der Waals surface area contributed by atoms with Gasteiger partial charge in [0.05, 0.1) is 0 Å². The van der Waals surface area contributed by atoms with Gasteiger partial charge in [-0.2, -0.15) is 0 Å². The number of rotatable bonds is 6. The molecule has 0 radical (unpaired) electrons. The SMILES string of the molecule is O=C(COC(=O)COc1cccc(Br)c1)Nc1ccc(I)cc1. The zero-order valence-electron chi connectivity index (χ0n) is 11.9. The zero-order chi connectivity index (χ0) is 16.7. The number of hydrogen-bond acceptors (Lipinski definition) is 4. The maximum Gasteiger partial charge on any atom is 0.344 e. The van der Waals surface area contributed by atoms with Crippen molar-refractivity contribution < 1.29 is 19.1 Å². The van der Waals surface area contributed by atoms with Crippen LogP contribution in [0.4, 0.5) is 5.69 Å². The van der Waals surface area contributed by atoms with Gasteiger partial charge in [0.1, 0.15) is 5.75 Å². The van der Waals surface area contributed by atoms with Crippen LogP contribution in [-0.2, 0) is 14.3 Å². The summed E-state index contributed by atoms with van der Waals surface area (Å²) in [4.78, 5) is 23.2. The molecule has 2 rings (SSSR count). The number of hydrogen-bond donors (Lipinski definition) is 1. The molecular formula is C16H13BrINO4. The minimum absolute atomic E-state index is 0.257. The number of ether oxygens (including phenoxy) is 2. The second kappa shape index (κ2) is 8.88. The number of nitrogens with one attached hydrogen (secondary N) is 1. The standard InChI is InChI=1S/C16H13BrINO4/c17-11-2-1-3-14(8-11)22-10-16(21)23-9-15(20)19-13-6-4-12(18)5-7-13/h1-8H,9-10H2,(H,19,20). The van der Waals surface area contributed by atoms with Crippen molar-refractivity contribution in [3.8, 4) is 5.75 Å². The minimum Gasteiger partial charge on any atom is -0.482 e. The Morgan fingerprint density at radius 3 is 2.52 bits per heavy atom. The summed E-state index contributed by atoms with van der Waals surface area (Å²) in [5.41, 5.74) is 0.650. The van der Waals surface area contributed by atoms with Crippen LogP contribution in [0.3, 0.4) is 0 Å². The lowest BCUT2D eigenvalue weighted by Gasteiger charge is -2.08. The Bertz CT molecular complexity index is 691. The van der Waals surface area contributed by atoms with Gasteiger partial charge in [-0.05, 0) is 65.1 Å². The Kier molecular flexibility index (Phi) is 6.85. The number of carbonyl (C=O) groups is 2. The Balaban J connectivity index is 1.71. The van der Waals surface area contributed by atoms with Crippen molar-refractivity contribution in [2.45, 2.75) is 0 Å². The fraction of sp³-hybridized carbons (Fsp3) is 0.125. The van der Waals surface area contributed by atoms with Gasteiger partial charge < -0.3 is 14.8 Å². The van der Waals surface area contributed by atoms with Gasteiger partial charge >= 0.3 is 5.97 Å². The van der Waals surface area contributed by atoms with Crippen molar-refractivity contribution in [1.29, 1.82) is 0 Å². The third-order valence-electron chi connectivity index (χ3n) is 2.64. The molecule has 2 aromatic carbocycles. The lowest BCUT2D eigenvalue weighted by Crippen LogP contribution is -2.23. The van der Waals surface area contributed by atoms with Crippen molar-refractivity contribution in [1.82, 2.24) is 0 Å². The van der Waals surface area contributed by atoms with Gasteiger partial charge in [0.25, 0.3) is 5.91 Å². The summed E-state index contributed by atoms with van der Waals surface area (Å²) < 4.78 is 12.1. The third-order valence-corrected chi connectivity index (χ3v) is 3.86. The van der Waals surface area contributed by atoms with E-state index in [0.717, 1.165) is 8.04 Å². The van der Waals surface area contributed by atoms with E-state index in [2.05, 4.69) is 43.8 Å². The fourth-order valence-corrected chi connectivity index (χ4v) is 2.35. The van der Waals surface area contributed by atoms with E-state index in [4.69, 9.17) is 9.47 Å². The molecular weight excluding hydrogens is 477 g/mol. The topological polar surface area (TPSA) is 64.6 Å². The highest BCUT2D eigenvalue weighted by Gasteiger charge is 2.09. The predicted molar refractivity (Wildman–Crippen MR) is 98.4 cm³/mol. The Morgan fingerprint density at radius 1 is 1.09 bits per heavy atom. The maximum absolute atomic E-state index is 11.7. The van der Waals surface area contributed by atoms with Crippen molar-refractivity contribution in [3.63, 3.8) is 0 Å². The van der Waals surface area contributed by atoms with E-state index in [9.17, 15) is 9.59 Å². The number of halogens is 2. The summed E-state index contributed by atoms with van der Waals surface area (Å²) in [5, 5.41) is 2.64. The molecule has 120 valence electrons. The molecule has 0 fully saturated rings. The number of anilines is 1. The van der Waals surface area contributed by atoms with Crippen molar-refractivity contribution >= 4 is 56.1 Å². The first kappa shape index (κ1) is 17.7. The molecule has 0 aliphatic rings. The smallest absolute Gasteiger partial charge is 0.344 e. The molecule has 1 amide bonds. The van der Waals surface area contributed by atoms with Crippen LogP contribution < -0.4 is 10.1 Å². The molecule has 23 heavy (non-hydrogen) atoms. The average molecular weight is 490 g/mol. The Hall–Kier alpha value is -1.61. The Labute approximate surface area is 155 Å².